The van der Waals surface area contributed by atoms with Crippen molar-refractivity contribution in [2.45, 2.75) is 19.9 Å². The SMILES string of the molecule is CCN=C(NCC)NC1COc2cccc(Cl)c21. The molecule has 1 aromatic carbocycles. The first-order valence-corrected chi connectivity index (χ1v) is 6.60. The van der Waals surface area contributed by atoms with Gasteiger partial charge in [-0.3, -0.25) is 4.99 Å². The molecular formula is C13H18ClN3O. The summed E-state index contributed by atoms with van der Waals surface area (Å²) in [6.07, 6.45) is 0. The minimum atomic E-state index is 0.0537. The lowest BCUT2D eigenvalue weighted by Crippen LogP contribution is -2.40. The Hall–Kier alpha value is -1.42. The van der Waals surface area contributed by atoms with Gasteiger partial charge in [-0.1, -0.05) is 17.7 Å². The third-order valence-corrected chi connectivity index (χ3v) is 3.07. The van der Waals surface area contributed by atoms with E-state index in [4.69, 9.17) is 16.3 Å². The molecule has 1 unspecified atom stereocenters. The van der Waals surface area contributed by atoms with Crippen molar-refractivity contribution in [1.29, 1.82) is 0 Å². The van der Waals surface area contributed by atoms with Gasteiger partial charge in [-0.05, 0) is 26.0 Å². The molecule has 0 aliphatic carbocycles. The van der Waals surface area contributed by atoms with Gasteiger partial charge in [0.1, 0.15) is 12.4 Å². The summed E-state index contributed by atoms with van der Waals surface area (Å²) >= 11 is 6.22. The molecule has 18 heavy (non-hydrogen) atoms. The molecule has 0 amide bonds. The molecule has 2 N–H and O–H groups in total. The first-order chi connectivity index (χ1) is 8.76. The van der Waals surface area contributed by atoms with Gasteiger partial charge in [-0.15, -0.1) is 0 Å². The summed E-state index contributed by atoms with van der Waals surface area (Å²) in [5.74, 6) is 1.65. The largest absolute Gasteiger partial charge is 0.491 e. The molecule has 1 aliphatic rings. The highest BCUT2D eigenvalue weighted by atomic mass is 35.5. The van der Waals surface area contributed by atoms with E-state index >= 15 is 0 Å². The van der Waals surface area contributed by atoms with Crippen molar-refractivity contribution in [3.63, 3.8) is 0 Å². The Morgan fingerprint density at radius 3 is 3.06 bits per heavy atom. The average molecular weight is 268 g/mol. The zero-order valence-electron chi connectivity index (χ0n) is 10.7. The van der Waals surface area contributed by atoms with Crippen LogP contribution >= 0.6 is 11.6 Å². The molecule has 1 aromatic rings. The average Bonchev–Trinajstić information content (AvgIpc) is 2.75. The van der Waals surface area contributed by atoms with E-state index in [0.717, 1.165) is 35.4 Å². The molecule has 2 rings (SSSR count). The van der Waals surface area contributed by atoms with Crippen molar-refractivity contribution in [2.75, 3.05) is 19.7 Å². The lowest BCUT2D eigenvalue weighted by atomic mass is 10.1. The number of benzene rings is 1. The maximum Gasteiger partial charge on any atom is 0.191 e. The topological polar surface area (TPSA) is 45.7 Å². The summed E-state index contributed by atoms with van der Waals surface area (Å²) in [6.45, 7) is 6.18. The van der Waals surface area contributed by atoms with Gasteiger partial charge in [0.15, 0.2) is 5.96 Å². The maximum atomic E-state index is 6.22. The first-order valence-electron chi connectivity index (χ1n) is 6.22. The van der Waals surface area contributed by atoms with Crippen molar-refractivity contribution in [3.05, 3.63) is 28.8 Å². The number of nitrogens with zero attached hydrogens (tertiary/aromatic N) is 1. The van der Waals surface area contributed by atoms with Gasteiger partial charge in [0.2, 0.25) is 0 Å². The Morgan fingerprint density at radius 2 is 2.33 bits per heavy atom. The van der Waals surface area contributed by atoms with Gasteiger partial charge in [0, 0.05) is 23.7 Å². The summed E-state index contributed by atoms with van der Waals surface area (Å²) in [7, 11) is 0. The van der Waals surface area contributed by atoms with Crippen molar-refractivity contribution in [1.82, 2.24) is 10.6 Å². The molecule has 1 aliphatic heterocycles. The predicted octanol–water partition coefficient (Wildman–Crippen LogP) is 2.35. The Kier molecular flexibility index (Phi) is 4.31. The summed E-state index contributed by atoms with van der Waals surface area (Å²) in [5.41, 5.74) is 1.01. The number of hydrogen-bond donors (Lipinski definition) is 2. The molecule has 0 fully saturated rings. The molecule has 4 nitrogen and oxygen atoms in total. The van der Waals surface area contributed by atoms with Gasteiger partial charge < -0.3 is 15.4 Å². The Balaban J connectivity index is 2.16. The lowest BCUT2D eigenvalue weighted by molar-refractivity contribution is 0.323. The smallest absolute Gasteiger partial charge is 0.191 e. The van der Waals surface area contributed by atoms with Crippen LogP contribution < -0.4 is 15.4 Å². The Labute approximate surface area is 112 Å². The summed E-state index contributed by atoms with van der Waals surface area (Å²) in [5, 5.41) is 7.28. The zero-order chi connectivity index (χ0) is 13.0. The maximum absolute atomic E-state index is 6.22. The summed E-state index contributed by atoms with van der Waals surface area (Å²) in [6, 6.07) is 5.77. The molecule has 98 valence electrons. The number of guanidine groups is 1. The van der Waals surface area contributed by atoms with Crippen LogP contribution in [-0.4, -0.2) is 25.7 Å². The minimum Gasteiger partial charge on any atom is -0.491 e. The highest BCUT2D eigenvalue weighted by molar-refractivity contribution is 6.31. The Morgan fingerprint density at radius 1 is 1.50 bits per heavy atom. The summed E-state index contributed by atoms with van der Waals surface area (Å²) in [4.78, 5) is 4.38. The molecule has 0 spiro atoms. The fourth-order valence-corrected chi connectivity index (χ4v) is 2.29. The van der Waals surface area contributed by atoms with Crippen molar-refractivity contribution in [3.8, 4) is 5.75 Å². The van der Waals surface area contributed by atoms with Crippen LogP contribution in [0.2, 0.25) is 5.02 Å². The third kappa shape index (κ3) is 2.70. The zero-order valence-corrected chi connectivity index (χ0v) is 11.4. The van der Waals surface area contributed by atoms with E-state index in [1.807, 2.05) is 32.0 Å². The molecule has 0 bridgehead atoms. The number of ether oxygens (including phenoxy) is 1. The van der Waals surface area contributed by atoms with E-state index in [0.29, 0.717) is 6.61 Å². The van der Waals surface area contributed by atoms with Crippen LogP contribution in [0.1, 0.15) is 25.5 Å². The van der Waals surface area contributed by atoms with Crippen molar-refractivity contribution < 1.29 is 4.74 Å². The second kappa shape index (κ2) is 5.96. The molecule has 0 aromatic heterocycles. The fraction of sp³-hybridized carbons (Fsp3) is 0.462. The molecule has 0 saturated heterocycles. The van der Waals surface area contributed by atoms with Crippen LogP contribution in [0.25, 0.3) is 0 Å². The van der Waals surface area contributed by atoms with Gasteiger partial charge in [0.05, 0.1) is 6.04 Å². The predicted molar refractivity (Wildman–Crippen MR) is 74.5 cm³/mol. The number of fused-ring (bicyclic) bond motifs is 1. The highest BCUT2D eigenvalue weighted by Gasteiger charge is 2.27. The van der Waals surface area contributed by atoms with Crippen LogP contribution in [0.5, 0.6) is 5.75 Å². The monoisotopic (exact) mass is 267 g/mol. The van der Waals surface area contributed by atoms with E-state index in [1.54, 1.807) is 0 Å². The van der Waals surface area contributed by atoms with Crippen LogP contribution in [0.3, 0.4) is 0 Å². The second-order valence-corrected chi connectivity index (χ2v) is 4.42. The van der Waals surface area contributed by atoms with Crippen LogP contribution in [-0.2, 0) is 0 Å². The molecular weight excluding hydrogens is 250 g/mol. The van der Waals surface area contributed by atoms with E-state index < -0.39 is 0 Å². The van der Waals surface area contributed by atoms with Gasteiger partial charge >= 0.3 is 0 Å². The van der Waals surface area contributed by atoms with Crippen molar-refractivity contribution >= 4 is 17.6 Å². The fourth-order valence-electron chi connectivity index (χ4n) is 1.99. The first kappa shape index (κ1) is 13.0. The molecule has 1 heterocycles. The summed E-state index contributed by atoms with van der Waals surface area (Å²) < 4.78 is 5.62. The molecule has 0 saturated carbocycles. The van der Waals surface area contributed by atoms with Crippen molar-refractivity contribution in [2.24, 2.45) is 4.99 Å². The second-order valence-electron chi connectivity index (χ2n) is 4.01. The molecule has 1 atom stereocenters. The minimum absolute atomic E-state index is 0.0537. The lowest BCUT2D eigenvalue weighted by Gasteiger charge is -2.16. The Bertz CT molecular complexity index is 448. The quantitative estimate of drug-likeness (QED) is 0.653. The van der Waals surface area contributed by atoms with Crippen LogP contribution in [0, 0.1) is 0 Å². The van der Waals surface area contributed by atoms with Gasteiger partial charge in [-0.25, -0.2) is 0 Å². The number of aliphatic imine (C=N–C) groups is 1. The van der Waals surface area contributed by atoms with Gasteiger partial charge in [-0.2, -0.15) is 0 Å². The van der Waals surface area contributed by atoms with E-state index in [-0.39, 0.29) is 6.04 Å². The standard InChI is InChI=1S/C13H18ClN3O/c1-3-15-13(16-4-2)17-10-8-18-11-7-5-6-9(14)12(10)11/h5-7,10H,3-4,8H2,1-2H3,(H2,15,16,17). The highest BCUT2D eigenvalue weighted by Crippen LogP contribution is 2.37. The van der Waals surface area contributed by atoms with E-state index in [2.05, 4.69) is 15.6 Å². The molecule has 0 radical (unpaired) electrons. The van der Waals surface area contributed by atoms with Crippen LogP contribution in [0.15, 0.2) is 23.2 Å². The number of rotatable bonds is 3. The number of nitrogens with one attached hydrogen (secondary N) is 2. The van der Waals surface area contributed by atoms with E-state index in [9.17, 15) is 0 Å². The third-order valence-electron chi connectivity index (χ3n) is 2.74. The normalized spacial score (nSPS) is 18.2. The van der Waals surface area contributed by atoms with Gasteiger partial charge in [0.25, 0.3) is 0 Å². The number of hydrogen-bond acceptors (Lipinski definition) is 2. The molecule has 5 heteroatoms. The van der Waals surface area contributed by atoms with Crippen LogP contribution in [0.4, 0.5) is 0 Å². The van der Waals surface area contributed by atoms with E-state index in [1.165, 1.54) is 0 Å². The number of halogens is 1.